The second-order valence-corrected chi connectivity index (χ2v) is 7.89. The zero-order chi connectivity index (χ0) is 20.5. The number of pyridine rings is 1. The summed E-state index contributed by atoms with van der Waals surface area (Å²) in [5.74, 6) is -0.609. The van der Waals surface area contributed by atoms with Crippen molar-refractivity contribution in [3.05, 3.63) is 75.5 Å². The molecule has 0 saturated carbocycles. The minimum atomic E-state index is -0.434. The Morgan fingerprint density at radius 3 is 2.52 bits per heavy atom. The fourth-order valence-electron chi connectivity index (χ4n) is 4.15. The molecule has 148 valence electrons. The second kappa shape index (κ2) is 7.78. The van der Waals surface area contributed by atoms with Crippen LogP contribution >= 0.6 is 0 Å². The first-order valence-corrected chi connectivity index (χ1v) is 10.1. The highest BCUT2D eigenvalue weighted by Gasteiger charge is 2.24. The van der Waals surface area contributed by atoms with Crippen LogP contribution in [0.25, 0.3) is 10.9 Å². The number of carbonyl (C=O) groups excluding carboxylic acids is 2. The third-order valence-electron chi connectivity index (χ3n) is 5.85. The van der Waals surface area contributed by atoms with Gasteiger partial charge in [-0.2, -0.15) is 0 Å². The minimum absolute atomic E-state index is 0.175. The number of rotatable bonds is 4. The van der Waals surface area contributed by atoms with Crippen LogP contribution < -0.4 is 0 Å². The van der Waals surface area contributed by atoms with E-state index >= 15 is 0 Å². The number of esters is 1. The quantitative estimate of drug-likeness (QED) is 0.463. The summed E-state index contributed by atoms with van der Waals surface area (Å²) in [6.45, 7) is 5.66. The van der Waals surface area contributed by atoms with Gasteiger partial charge in [0.2, 0.25) is 5.78 Å². The second-order valence-electron chi connectivity index (χ2n) is 7.89. The van der Waals surface area contributed by atoms with Crippen molar-refractivity contribution < 1.29 is 14.3 Å². The molecule has 2 aromatic carbocycles. The molecule has 0 saturated heterocycles. The van der Waals surface area contributed by atoms with Gasteiger partial charge >= 0.3 is 5.97 Å². The molecule has 0 N–H and O–H groups in total. The van der Waals surface area contributed by atoms with E-state index < -0.39 is 5.97 Å². The average Bonchev–Trinajstić information content (AvgIpc) is 2.72. The highest BCUT2D eigenvalue weighted by atomic mass is 16.5. The molecule has 4 heteroatoms. The predicted octanol–water partition coefficient (Wildman–Crippen LogP) is 5.08. The first-order valence-electron chi connectivity index (χ1n) is 10.1. The fourth-order valence-corrected chi connectivity index (χ4v) is 4.15. The molecule has 0 aliphatic heterocycles. The number of ketones is 1. The van der Waals surface area contributed by atoms with Gasteiger partial charge in [0.05, 0.1) is 11.1 Å². The third kappa shape index (κ3) is 3.67. The van der Waals surface area contributed by atoms with E-state index in [0.717, 1.165) is 64.5 Å². The van der Waals surface area contributed by atoms with Crippen molar-refractivity contribution >= 4 is 22.7 Å². The molecule has 1 aromatic heterocycles. The lowest BCUT2D eigenvalue weighted by Gasteiger charge is -2.20. The van der Waals surface area contributed by atoms with Gasteiger partial charge in [-0.15, -0.1) is 0 Å². The summed E-state index contributed by atoms with van der Waals surface area (Å²) in [4.78, 5) is 30.6. The molecule has 3 aromatic rings. The molecule has 1 aliphatic rings. The normalized spacial score (nSPS) is 13.2. The number of Topliss-reactive ketones (excluding diaryl/α,β-unsaturated/α-hetero) is 1. The molecule has 0 atom stereocenters. The van der Waals surface area contributed by atoms with Crippen molar-refractivity contribution in [1.29, 1.82) is 0 Å². The summed E-state index contributed by atoms with van der Waals surface area (Å²) in [7, 11) is 0. The Balaban J connectivity index is 1.63. The maximum absolute atomic E-state index is 13.1. The number of para-hydroxylation sites is 1. The standard InChI is InChI=1S/C25H25NO3/c1-15-12-17(3)20(13-16(15)2)23(27)14-29-25(28)24-18-8-4-6-10-21(18)26-22-11-7-5-9-19(22)24/h4,6,8,10,12-13H,5,7,9,11,14H2,1-3H3. The summed E-state index contributed by atoms with van der Waals surface area (Å²) < 4.78 is 5.53. The van der Waals surface area contributed by atoms with Gasteiger partial charge in [0.1, 0.15) is 0 Å². The molecule has 4 rings (SSSR count). The monoisotopic (exact) mass is 387 g/mol. The van der Waals surface area contributed by atoms with Crippen LogP contribution in [-0.2, 0) is 17.6 Å². The van der Waals surface area contributed by atoms with Gasteiger partial charge in [-0.1, -0.05) is 24.3 Å². The molecule has 1 aliphatic carbocycles. The number of fused-ring (bicyclic) bond motifs is 2. The lowest BCUT2D eigenvalue weighted by Crippen LogP contribution is -2.19. The van der Waals surface area contributed by atoms with Crippen molar-refractivity contribution in [3.63, 3.8) is 0 Å². The highest BCUT2D eigenvalue weighted by molar-refractivity contribution is 6.06. The number of hydrogen-bond acceptors (Lipinski definition) is 4. The molecular weight excluding hydrogens is 362 g/mol. The first kappa shape index (κ1) is 19.3. The Bertz CT molecular complexity index is 1130. The van der Waals surface area contributed by atoms with E-state index in [-0.39, 0.29) is 12.4 Å². The number of carbonyl (C=O) groups is 2. The van der Waals surface area contributed by atoms with Crippen LogP contribution in [0, 0.1) is 20.8 Å². The minimum Gasteiger partial charge on any atom is -0.454 e. The van der Waals surface area contributed by atoms with E-state index in [0.29, 0.717) is 11.1 Å². The highest BCUT2D eigenvalue weighted by Crippen LogP contribution is 2.30. The smallest absolute Gasteiger partial charge is 0.339 e. The van der Waals surface area contributed by atoms with Gasteiger partial charge in [-0.25, -0.2) is 4.79 Å². The maximum Gasteiger partial charge on any atom is 0.339 e. The third-order valence-corrected chi connectivity index (χ3v) is 5.85. The Labute approximate surface area is 170 Å². The van der Waals surface area contributed by atoms with Crippen molar-refractivity contribution in [2.24, 2.45) is 0 Å². The predicted molar refractivity (Wildman–Crippen MR) is 114 cm³/mol. The first-order chi connectivity index (χ1) is 14.0. The molecule has 29 heavy (non-hydrogen) atoms. The summed E-state index contributed by atoms with van der Waals surface area (Å²) in [5.41, 5.74) is 7.06. The van der Waals surface area contributed by atoms with Crippen LogP contribution in [0.3, 0.4) is 0 Å². The Hall–Kier alpha value is -3.01. The van der Waals surface area contributed by atoms with Gasteiger partial charge in [-0.3, -0.25) is 9.78 Å². The van der Waals surface area contributed by atoms with Gasteiger partial charge in [-0.05, 0) is 80.8 Å². The lowest BCUT2D eigenvalue weighted by atomic mass is 9.90. The van der Waals surface area contributed by atoms with Crippen LogP contribution in [-0.4, -0.2) is 23.3 Å². The maximum atomic E-state index is 13.1. The summed E-state index contributed by atoms with van der Waals surface area (Å²) in [5, 5.41) is 0.799. The zero-order valence-corrected chi connectivity index (χ0v) is 17.2. The van der Waals surface area contributed by atoms with E-state index in [1.807, 2.05) is 57.2 Å². The largest absolute Gasteiger partial charge is 0.454 e. The molecule has 0 amide bonds. The number of aromatic nitrogens is 1. The van der Waals surface area contributed by atoms with Crippen molar-refractivity contribution in [1.82, 2.24) is 4.98 Å². The van der Waals surface area contributed by atoms with E-state index in [1.54, 1.807) is 0 Å². The van der Waals surface area contributed by atoms with E-state index in [2.05, 4.69) is 0 Å². The number of aryl methyl sites for hydroxylation is 4. The van der Waals surface area contributed by atoms with Crippen LogP contribution in [0.4, 0.5) is 0 Å². The fraction of sp³-hybridized carbons (Fsp3) is 0.320. The summed E-state index contributed by atoms with van der Waals surface area (Å²) in [6, 6.07) is 11.5. The number of benzene rings is 2. The summed E-state index contributed by atoms with van der Waals surface area (Å²) >= 11 is 0. The van der Waals surface area contributed by atoms with Crippen LogP contribution in [0.1, 0.15) is 61.5 Å². The molecular formula is C25H25NO3. The Morgan fingerprint density at radius 2 is 1.69 bits per heavy atom. The van der Waals surface area contributed by atoms with E-state index in [4.69, 9.17) is 9.72 Å². The number of ether oxygens (including phenoxy) is 1. The molecule has 1 heterocycles. The topological polar surface area (TPSA) is 56.3 Å². The van der Waals surface area contributed by atoms with Crippen LogP contribution in [0.15, 0.2) is 36.4 Å². The van der Waals surface area contributed by atoms with Gasteiger partial charge in [0.15, 0.2) is 6.61 Å². The molecule has 0 bridgehead atoms. The van der Waals surface area contributed by atoms with E-state index in [9.17, 15) is 9.59 Å². The molecule has 4 nitrogen and oxygen atoms in total. The number of nitrogens with zero attached hydrogens (tertiary/aromatic N) is 1. The van der Waals surface area contributed by atoms with Crippen molar-refractivity contribution in [2.75, 3.05) is 6.61 Å². The Morgan fingerprint density at radius 1 is 0.966 bits per heavy atom. The summed E-state index contributed by atoms with van der Waals surface area (Å²) in [6.07, 6.45) is 3.81. The zero-order valence-electron chi connectivity index (χ0n) is 17.2. The molecule has 0 fully saturated rings. The van der Waals surface area contributed by atoms with Crippen molar-refractivity contribution in [2.45, 2.75) is 46.5 Å². The molecule has 0 radical (unpaired) electrons. The average molecular weight is 387 g/mol. The lowest BCUT2D eigenvalue weighted by molar-refractivity contribution is 0.0475. The molecule has 0 unspecified atom stereocenters. The van der Waals surface area contributed by atoms with Crippen molar-refractivity contribution in [3.8, 4) is 0 Å². The SMILES string of the molecule is Cc1cc(C)c(C(=O)COC(=O)c2c3c(nc4ccccc24)CCCC3)cc1C. The van der Waals surface area contributed by atoms with Crippen LogP contribution in [0.5, 0.6) is 0 Å². The van der Waals surface area contributed by atoms with Gasteiger partial charge < -0.3 is 4.74 Å². The van der Waals surface area contributed by atoms with Gasteiger partial charge in [0, 0.05) is 16.6 Å². The molecule has 0 spiro atoms. The van der Waals surface area contributed by atoms with E-state index in [1.165, 1.54) is 0 Å². The number of hydrogen-bond donors (Lipinski definition) is 0. The van der Waals surface area contributed by atoms with Crippen LogP contribution in [0.2, 0.25) is 0 Å². The van der Waals surface area contributed by atoms with Gasteiger partial charge in [0.25, 0.3) is 0 Å². The Kier molecular flexibility index (Phi) is 5.18.